The van der Waals surface area contributed by atoms with Gasteiger partial charge in [-0.15, -0.1) is 11.3 Å². The molecule has 2 heterocycles. The summed E-state index contributed by atoms with van der Waals surface area (Å²) in [5, 5.41) is 6.03. The Morgan fingerprint density at radius 1 is 1.29 bits per heavy atom. The number of fused-ring (bicyclic) bond motifs is 1. The molecule has 0 radical (unpaired) electrons. The number of amides is 2. The summed E-state index contributed by atoms with van der Waals surface area (Å²) in [6, 6.07) is 5.43. The van der Waals surface area contributed by atoms with E-state index in [4.69, 9.17) is 9.47 Å². The van der Waals surface area contributed by atoms with Gasteiger partial charge in [-0.2, -0.15) is 0 Å². The van der Waals surface area contributed by atoms with Gasteiger partial charge in [0.2, 0.25) is 5.91 Å². The Bertz CT molecular complexity index is 1010. The highest BCUT2D eigenvalue weighted by Gasteiger charge is 2.29. The third-order valence-electron chi connectivity index (χ3n) is 7.14. The number of anilines is 1. The molecular formula is C26H36N4O4S. The number of carbonyl (C=O) groups excluding carboxylic acids is 2. The maximum absolute atomic E-state index is 13.5. The van der Waals surface area contributed by atoms with E-state index in [0.29, 0.717) is 30.2 Å². The Labute approximate surface area is 211 Å². The second kappa shape index (κ2) is 11.5. The van der Waals surface area contributed by atoms with E-state index in [1.54, 1.807) is 42.5 Å². The van der Waals surface area contributed by atoms with Gasteiger partial charge < -0.3 is 19.7 Å². The van der Waals surface area contributed by atoms with Crippen molar-refractivity contribution in [3.8, 4) is 5.75 Å². The quantitative estimate of drug-likeness (QED) is 0.671. The van der Waals surface area contributed by atoms with Crippen LogP contribution in [0.25, 0.3) is 0 Å². The third-order valence-corrected chi connectivity index (χ3v) is 7.90. The number of methoxy groups -OCH3 is 1. The van der Waals surface area contributed by atoms with Crippen LogP contribution in [0.15, 0.2) is 29.8 Å². The van der Waals surface area contributed by atoms with Crippen molar-refractivity contribution in [2.75, 3.05) is 39.2 Å². The normalized spacial score (nSPS) is 24.5. The van der Waals surface area contributed by atoms with Gasteiger partial charge in [0, 0.05) is 56.5 Å². The number of hydrogen-bond donors (Lipinski definition) is 1. The molecule has 35 heavy (non-hydrogen) atoms. The number of nitrogens with zero attached hydrogens (tertiary/aromatic N) is 3. The summed E-state index contributed by atoms with van der Waals surface area (Å²) in [6.07, 6.45) is 4.65. The predicted molar refractivity (Wildman–Crippen MR) is 137 cm³/mol. The lowest BCUT2D eigenvalue weighted by Gasteiger charge is -2.35. The number of carbonyl (C=O) groups is 2. The van der Waals surface area contributed by atoms with E-state index < -0.39 is 0 Å². The van der Waals surface area contributed by atoms with Gasteiger partial charge >= 0.3 is 0 Å². The Morgan fingerprint density at radius 2 is 2.09 bits per heavy atom. The zero-order valence-corrected chi connectivity index (χ0v) is 21.8. The highest BCUT2D eigenvalue weighted by atomic mass is 32.1. The van der Waals surface area contributed by atoms with Crippen molar-refractivity contribution in [3.63, 3.8) is 0 Å². The number of rotatable bonds is 5. The zero-order valence-electron chi connectivity index (χ0n) is 21.0. The first-order chi connectivity index (χ1) is 16.9. The minimum atomic E-state index is -0.151. The van der Waals surface area contributed by atoms with Crippen molar-refractivity contribution in [2.45, 2.75) is 51.8 Å². The maximum Gasteiger partial charge on any atom is 0.257 e. The van der Waals surface area contributed by atoms with Gasteiger partial charge in [0.25, 0.3) is 5.91 Å². The van der Waals surface area contributed by atoms with Crippen molar-refractivity contribution in [2.24, 2.45) is 11.8 Å². The van der Waals surface area contributed by atoms with Crippen molar-refractivity contribution >= 4 is 28.8 Å². The molecule has 0 spiro atoms. The summed E-state index contributed by atoms with van der Waals surface area (Å²) in [5.41, 5.74) is 1.06. The first-order valence-electron chi connectivity index (χ1n) is 12.3. The van der Waals surface area contributed by atoms with Crippen LogP contribution >= 0.6 is 11.3 Å². The molecule has 0 bridgehead atoms. The molecule has 2 amide bonds. The summed E-state index contributed by atoms with van der Waals surface area (Å²) in [5.74, 6) is 0.642. The van der Waals surface area contributed by atoms with Gasteiger partial charge in [-0.05, 0) is 43.9 Å². The molecule has 9 heteroatoms. The van der Waals surface area contributed by atoms with E-state index in [1.165, 1.54) is 0 Å². The standard InChI is InChI=1S/C26H36N4O4S/c1-17-13-30(15-24-27-10-11-35-24)18(2)16-34-22-9-8-20(28-25(31)19-6-5-7-19)12-21(22)26(32)29(3)14-23(17)33-4/h8-12,17-19,23H,5-7,13-16H2,1-4H3,(H,28,31)/t17-,18+,23-/m0/s1. The Hall–Kier alpha value is -2.49. The monoisotopic (exact) mass is 500 g/mol. The van der Waals surface area contributed by atoms with E-state index in [-0.39, 0.29) is 35.8 Å². The van der Waals surface area contributed by atoms with Crippen LogP contribution in [0.2, 0.25) is 0 Å². The minimum Gasteiger partial charge on any atom is -0.491 e. The van der Waals surface area contributed by atoms with Gasteiger partial charge in [0.1, 0.15) is 17.4 Å². The smallest absolute Gasteiger partial charge is 0.257 e. The predicted octanol–water partition coefficient (Wildman–Crippen LogP) is 3.89. The number of nitrogens with one attached hydrogen (secondary N) is 1. The molecule has 3 atom stereocenters. The number of thiazole rings is 1. The molecule has 1 saturated carbocycles. The highest BCUT2D eigenvalue weighted by molar-refractivity contribution is 7.09. The lowest BCUT2D eigenvalue weighted by Crippen LogP contribution is -2.46. The molecular weight excluding hydrogens is 464 g/mol. The van der Waals surface area contributed by atoms with Crippen molar-refractivity contribution in [1.82, 2.24) is 14.8 Å². The lowest BCUT2D eigenvalue weighted by molar-refractivity contribution is -0.122. The van der Waals surface area contributed by atoms with Gasteiger partial charge in [0.05, 0.1) is 18.2 Å². The topological polar surface area (TPSA) is 84.0 Å². The number of aromatic nitrogens is 1. The van der Waals surface area contributed by atoms with Crippen molar-refractivity contribution < 1.29 is 19.1 Å². The summed E-state index contributed by atoms with van der Waals surface area (Å²) >= 11 is 1.65. The van der Waals surface area contributed by atoms with Crippen LogP contribution in [0.4, 0.5) is 5.69 Å². The summed E-state index contributed by atoms with van der Waals surface area (Å²) in [6.45, 7) is 6.69. The summed E-state index contributed by atoms with van der Waals surface area (Å²) in [4.78, 5) is 34.5. The SMILES string of the molecule is CO[C@H]1CN(C)C(=O)c2cc(NC(=O)C3CCC3)ccc2OC[C@@H](C)N(Cc2nccs2)C[C@@H]1C. The minimum absolute atomic E-state index is 0.0193. The van der Waals surface area contributed by atoms with Gasteiger partial charge in [-0.3, -0.25) is 14.5 Å². The lowest BCUT2D eigenvalue weighted by atomic mass is 9.85. The maximum atomic E-state index is 13.5. The largest absolute Gasteiger partial charge is 0.491 e. The second-order valence-corrected chi connectivity index (χ2v) is 10.8. The first-order valence-corrected chi connectivity index (χ1v) is 13.2. The molecule has 2 aliphatic rings. The molecule has 2 aromatic rings. The van der Waals surface area contributed by atoms with Crippen LogP contribution in [-0.2, 0) is 16.1 Å². The summed E-state index contributed by atoms with van der Waals surface area (Å²) < 4.78 is 12.1. The van der Waals surface area contributed by atoms with Crippen LogP contribution < -0.4 is 10.1 Å². The van der Waals surface area contributed by atoms with E-state index in [1.807, 2.05) is 17.6 Å². The molecule has 0 saturated heterocycles. The first kappa shape index (κ1) is 25.6. The molecule has 190 valence electrons. The van der Waals surface area contributed by atoms with E-state index >= 15 is 0 Å². The molecule has 1 aromatic carbocycles. The number of benzene rings is 1. The molecule has 1 aromatic heterocycles. The molecule has 4 rings (SSSR count). The summed E-state index contributed by atoms with van der Waals surface area (Å²) in [7, 11) is 3.48. The molecule has 1 fully saturated rings. The van der Waals surface area contributed by atoms with Gasteiger partial charge in [0.15, 0.2) is 0 Å². The van der Waals surface area contributed by atoms with E-state index in [9.17, 15) is 9.59 Å². The van der Waals surface area contributed by atoms with Crippen LogP contribution in [-0.4, -0.2) is 72.6 Å². The fourth-order valence-corrected chi connectivity index (χ4v) is 5.21. The Balaban J connectivity index is 1.60. The highest BCUT2D eigenvalue weighted by Crippen LogP contribution is 2.30. The average Bonchev–Trinajstić information content (AvgIpc) is 3.31. The third kappa shape index (κ3) is 6.20. The molecule has 1 aliphatic heterocycles. The van der Waals surface area contributed by atoms with Crippen LogP contribution in [0.1, 0.15) is 48.5 Å². The fraction of sp³-hybridized carbons (Fsp3) is 0.577. The number of ether oxygens (including phenoxy) is 2. The average molecular weight is 501 g/mol. The van der Waals surface area contributed by atoms with Crippen LogP contribution in [0.3, 0.4) is 0 Å². The molecule has 0 unspecified atom stereocenters. The number of likely N-dealkylation sites (N-methyl/N-ethyl adjacent to an activating group) is 1. The molecule has 1 N–H and O–H groups in total. The van der Waals surface area contributed by atoms with E-state index in [0.717, 1.165) is 37.4 Å². The van der Waals surface area contributed by atoms with Crippen LogP contribution in [0, 0.1) is 11.8 Å². The van der Waals surface area contributed by atoms with Gasteiger partial charge in [-0.25, -0.2) is 4.98 Å². The second-order valence-electron chi connectivity index (χ2n) is 9.78. The van der Waals surface area contributed by atoms with Crippen molar-refractivity contribution in [1.29, 1.82) is 0 Å². The zero-order chi connectivity index (χ0) is 24.9. The van der Waals surface area contributed by atoms with E-state index in [2.05, 4.69) is 29.0 Å². The van der Waals surface area contributed by atoms with Crippen LogP contribution in [0.5, 0.6) is 5.75 Å². The van der Waals surface area contributed by atoms with Crippen molar-refractivity contribution in [3.05, 3.63) is 40.3 Å². The molecule has 1 aliphatic carbocycles. The Morgan fingerprint density at radius 3 is 2.74 bits per heavy atom. The van der Waals surface area contributed by atoms with Gasteiger partial charge in [-0.1, -0.05) is 13.3 Å². The fourth-order valence-electron chi connectivity index (χ4n) is 4.57. The number of hydrogen-bond acceptors (Lipinski definition) is 7. The Kier molecular flexibility index (Phi) is 8.41. The molecule has 8 nitrogen and oxygen atoms in total.